The maximum absolute atomic E-state index is 8.79. The molecule has 1 N–H and O–H groups in total. The predicted molar refractivity (Wildman–Crippen MR) is 61.6 cm³/mol. The second-order valence-electron chi connectivity index (χ2n) is 4.45. The maximum Gasteiger partial charge on any atom is 0.0992 e. The number of hydrogen-bond acceptors (Lipinski definition) is 2. The van der Waals surface area contributed by atoms with E-state index in [9.17, 15) is 0 Å². The molecule has 1 aliphatic carbocycles. The van der Waals surface area contributed by atoms with Crippen LogP contribution in [0.3, 0.4) is 0 Å². The zero-order valence-corrected chi connectivity index (χ0v) is 9.03. The summed E-state index contributed by atoms with van der Waals surface area (Å²) in [6.07, 6.45) is 3.81. The van der Waals surface area contributed by atoms with Gasteiger partial charge in [-0.3, -0.25) is 0 Å². The lowest BCUT2D eigenvalue weighted by Crippen LogP contribution is -2.15. The first-order valence-electron chi connectivity index (χ1n) is 5.54. The van der Waals surface area contributed by atoms with Crippen molar-refractivity contribution in [1.82, 2.24) is 0 Å². The molecule has 0 aromatic heterocycles. The number of benzene rings is 1. The number of anilines is 1. The molecule has 0 spiro atoms. The first kappa shape index (κ1) is 10.0. The van der Waals surface area contributed by atoms with Gasteiger partial charge in [-0.2, -0.15) is 5.26 Å². The number of rotatable bonds is 2. The smallest absolute Gasteiger partial charge is 0.0992 e. The van der Waals surface area contributed by atoms with Gasteiger partial charge in [0.2, 0.25) is 0 Å². The summed E-state index contributed by atoms with van der Waals surface area (Å²) >= 11 is 0. The Balaban J connectivity index is 2.02. The molecule has 0 saturated heterocycles. The lowest BCUT2D eigenvalue weighted by Gasteiger charge is -2.13. The molecule has 15 heavy (non-hydrogen) atoms. The Morgan fingerprint density at radius 1 is 1.40 bits per heavy atom. The molecule has 2 heteroatoms. The van der Waals surface area contributed by atoms with E-state index in [-0.39, 0.29) is 0 Å². The van der Waals surface area contributed by atoms with E-state index in [0.29, 0.717) is 6.04 Å². The molecule has 1 aliphatic rings. The minimum atomic E-state index is 0.592. The average Bonchev–Trinajstić information content (AvgIpc) is 2.64. The summed E-state index contributed by atoms with van der Waals surface area (Å²) in [7, 11) is 0. The zero-order chi connectivity index (χ0) is 10.7. The lowest BCUT2D eigenvalue weighted by atomic mass is 10.1. The van der Waals surface area contributed by atoms with E-state index in [0.717, 1.165) is 17.2 Å². The molecule has 1 saturated carbocycles. The molecule has 0 aliphatic heterocycles. The molecule has 1 aromatic carbocycles. The summed E-state index contributed by atoms with van der Waals surface area (Å²) in [5.41, 5.74) is 1.80. The van der Waals surface area contributed by atoms with Crippen LogP contribution in [0.4, 0.5) is 5.69 Å². The van der Waals surface area contributed by atoms with Crippen LogP contribution >= 0.6 is 0 Å². The van der Waals surface area contributed by atoms with E-state index in [2.05, 4.69) is 18.3 Å². The Labute approximate surface area is 90.9 Å². The molecule has 0 amide bonds. The standard InChI is InChI=1S/C13H16N2/c1-10-5-6-13(7-10)15-12-4-2-3-11(8-12)9-14/h2-4,8,10,13,15H,5-7H2,1H3/t10-,13+/m0/s1. The van der Waals surface area contributed by atoms with Gasteiger partial charge in [-0.25, -0.2) is 0 Å². The van der Waals surface area contributed by atoms with Crippen molar-refractivity contribution in [2.45, 2.75) is 32.2 Å². The van der Waals surface area contributed by atoms with Crippen molar-refractivity contribution in [3.63, 3.8) is 0 Å². The van der Waals surface area contributed by atoms with Crippen LogP contribution in [0.2, 0.25) is 0 Å². The third-order valence-corrected chi connectivity index (χ3v) is 3.06. The highest BCUT2D eigenvalue weighted by molar-refractivity contribution is 5.49. The van der Waals surface area contributed by atoms with Crippen molar-refractivity contribution in [3.8, 4) is 6.07 Å². The molecule has 2 rings (SSSR count). The van der Waals surface area contributed by atoms with E-state index < -0.39 is 0 Å². The van der Waals surface area contributed by atoms with E-state index >= 15 is 0 Å². The van der Waals surface area contributed by atoms with E-state index in [4.69, 9.17) is 5.26 Å². The molecule has 1 fully saturated rings. The van der Waals surface area contributed by atoms with Gasteiger partial charge in [0, 0.05) is 11.7 Å². The number of nitrogens with one attached hydrogen (secondary N) is 1. The Bertz CT molecular complexity index is 378. The molecule has 0 heterocycles. The SMILES string of the molecule is C[C@H]1CC[C@@H](Nc2cccc(C#N)c2)C1. The van der Waals surface area contributed by atoms with Crippen molar-refractivity contribution >= 4 is 5.69 Å². The largest absolute Gasteiger partial charge is 0.382 e. The summed E-state index contributed by atoms with van der Waals surface area (Å²) in [6, 6.07) is 10.5. The monoisotopic (exact) mass is 200 g/mol. The first-order chi connectivity index (χ1) is 7.28. The van der Waals surface area contributed by atoms with E-state index in [1.54, 1.807) is 0 Å². The average molecular weight is 200 g/mol. The van der Waals surface area contributed by atoms with Gasteiger partial charge in [-0.1, -0.05) is 13.0 Å². The molecule has 1 aromatic rings. The van der Waals surface area contributed by atoms with Gasteiger partial charge in [0.05, 0.1) is 11.6 Å². The van der Waals surface area contributed by atoms with Gasteiger partial charge in [0.1, 0.15) is 0 Å². The normalized spacial score (nSPS) is 24.8. The fraction of sp³-hybridized carbons (Fsp3) is 0.462. The summed E-state index contributed by atoms with van der Waals surface area (Å²) in [5, 5.41) is 12.3. The van der Waals surface area contributed by atoms with Gasteiger partial charge in [0.15, 0.2) is 0 Å². The van der Waals surface area contributed by atoms with Crippen LogP contribution in [0.1, 0.15) is 31.7 Å². The van der Waals surface area contributed by atoms with Gasteiger partial charge in [-0.15, -0.1) is 0 Å². The third-order valence-electron chi connectivity index (χ3n) is 3.06. The van der Waals surface area contributed by atoms with Crippen molar-refractivity contribution in [3.05, 3.63) is 29.8 Å². The maximum atomic E-state index is 8.79. The third kappa shape index (κ3) is 2.50. The lowest BCUT2D eigenvalue weighted by molar-refractivity contribution is 0.602. The molecule has 2 atom stereocenters. The van der Waals surface area contributed by atoms with Gasteiger partial charge in [-0.05, 0) is 43.4 Å². The van der Waals surface area contributed by atoms with Gasteiger partial charge in [0.25, 0.3) is 0 Å². The van der Waals surface area contributed by atoms with Crippen LogP contribution in [-0.2, 0) is 0 Å². The summed E-state index contributed by atoms with van der Waals surface area (Å²) in [4.78, 5) is 0. The molecule has 0 unspecified atom stereocenters. The van der Waals surface area contributed by atoms with Gasteiger partial charge >= 0.3 is 0 Å². The summed E-state index contributed by atoms with van der Waals surface area (Å²) < 4.78 is 0. The van der Waals surface area contributed by atoms with E-state index in [1.165, 1.54) is 19.3 Å². The van der Waals surface area contributed by atoms with Crippen LogP contribution in [-0.4, -0.2) is 6.04 Å². The second kappa shape index (κ2) is 4.35. The topological polar surface area (TPSA) is 35.8 Å². The highest BCUT2D eigenvalue weighted by Crippen LogP contribution is 2.27. The van der Waals surface area contributed by atoms with Crippen molar-refractivity contribution in [1.29, 1.82) is 5.26 Å². The zero-order valence-electron chi connectivity index (χ0n) is 9.03. The van der Waals surface area contributed by atoms with Crippen LogP contribution in [0, 0.1) is 17.2 Å². The van der Waals surface area contributed by atoms with Crippen LogP contribution < -0.4 is 5.32 Å². The minimum Gasteiger partial charge on any atom is -0.382 e. The summed E-state index contributed by atoms with van der Waals surface area (Å²) in [5.74, 6) is 0.835. The Kier molecular flexibility index (Phi) is 2.91. The number of hydrogen-bond donors (Lipinski definition) is 1. The van der Waals surface area contributed by atoms with Gasteiger partial charge < -0.3 is 5.32 Å². The highest BCUT2D eigenvalue weighted by Gasteiger charge is 2.20. The molecule has 2 nitrogen and oxygen atoms in total. The van der Waals surface area contributed by atoms with E-state index in [1.807, 2.05) is 24.3 Å². The Morgan fingerprint density at radius 3 is 2.93 bits per heavy atom. The van der Waals surface area contributed by atoms with Crippen LogP contribution in [0.15, 0.2) is 24.3 Å². The number of nitriles is 1. The van der Waals surface area contributed by atoms with Crippen molar-refractivity contribution in [2.24, 2.45) is 5.92 Å². The molecular weight excluding hydrogens is 184 g/mol. The minimum absolute atomic E-state index is 0.592. The van der Waals surface area contributed by atoms with Crippen molar-refractivity contribution < 1.29 is 0 Å². The molecular formula is C13H16N2. The van der Waals surface area contributed by atoms with Crippen LogP contribution in [0.5, 0.6) is 0 Å². The predicted octanol–water partition coefficient (Wildman–Crippen LogP) is 3.16. The van der Waals surface area contributed by atoms with Crippen molar-refractivity contribution in [2.75, 3.05) is 5.32 Å². The molecule has 0 bridgehead atoms. The molecule has 0 radical (unpaired) electrons. The Morgan fingerprint density at radius 2 is 2.27 bits per heavy atom. The fourth-order valence-corrected chi connectivity index (χ4v) is 2.25. The number of nitrogens with zero attached hydrogens (tertiary/aromatic N) is 1. The quantitative estimate of drug-likeness (QED) is 0.796. The highest BCUT2D eigenvalue weighted by atomic mass is 14.9. The Hall–Kier alpha value is -1.49. The fourth-order valence-electron chi connectivity index (χ4n) is 2.25. The van der Waals surface area contributed by atoms with Crippen LogP contribution in [0.25, 0.3) is 0 Å². The first-order valence-corrected chi connectivity index (χ1v) is 5.54. The second-order valence-corrected chi connectivity index (χ2v) is 4.45. The summed E-state index contributed by atoms with van der Waals surface area (Å²) in [6.45, 7) is 2.30. The molecule has 78 valence electrons.